The van der Waals surface area contributed by atoms with Crippen LogP contribution in [0.25, 0.3) is 11.2 Å². The van der Waals surface area contributed by atoms with Crippen molar-refractivity contribution >= 4 is 40.6 Å². The number of aryl methyl sites for hydroxylation is 1. The Morgan fingerprint density at radius 2 is 1.82 bits per heavy atom. The third kappa shape index (κ3) is 4.13. The van der Waals surface area contributed by atoms with Crippen molar-refractivity contribution in [3.8, 4) is 0 Å². The van der Waals surface area contributed by atoms with Crippen molar-refractivity contribution < 1.29 is 4.92 Å². The Morgan fingerprint density at radius 1 is 1.12 bits per heavy atom. The molecule has 12 heteroatoms. The number of benzene rings is 2. The van der Waals surface area contributed by atoms with Crippen LogP contribution < -0.4 is 16.7 Å². The van der Waals surface area contributed by atoms with Gasteiger partial charge >= 0.3 is 5.69 Å². The number of aromatic nitrogens is 4. The van der Waals surface area contributed by atoms with Gasteiger partial charge in [-0.25, -0.2) is 10.2 Å². The molecule has 2 heterocycles. The molecular weight excluding hydrogens is 450 g/mol. The fraction of sp³-hybridized carbons (Fsp3) is 0.143. The molecule has 0 amide bonds. The molecule has 4 rings (SSSR count). The predicted octanol–water partition coefficient (Wildman–Crippen LogP) is 2.49. The Balaban J connectivity index is 1.78. The normalized spacial score (nSPS) is 11.4. The fourth-order valence-corrected chi connectivity index (χ4v) is 3.52. The molecule has 0 spiro atoms. The number of hydrazone groups is 1. The summed E-state index contributed by atoms with van der Waals surface area (Å²) < 4.78 is 3.90. The maximum absolute atomic E-state index is 12.9. The van der Waals surface area contributed by atoms with E-state index in [0.717, 1.165) is 10.1 Å². The molecule has 33 heavy (non-hydrogen) atoms. The fourth-order valence-electron chi connectivity index (χ4n) is 3.33. The van der Waals surface area contributed by atoms with Crippen molar-refractivity contribution in [2.24, 2.45) is 19.2 Å². The molecule has 4 aromatic rings. The number of nitrogens with one attached hydrogen (secondary N) is 1. The number of halogens is 1. The Hall–Kier alpha value is -4.25. The maximum atomic E-state index is 12.9. The number of fused-ring (bicyclic) bond motifs is 1. The first-order chi connectivity index (χ1) is 15.8. The van der Waals surface area contributed by atoms with Crippen LogP contribution >= 0.6 is 11.6 Å². The van der Waals surface area contributed by atoms with Crippen LogP contribution in [0.4, 0.5) is 11.6 Å². The number of non-ortho nitro benzene ring substituents is 1. The molecule has 2 aromatic carbocycles. The number of rotatable bonds is 6. The van der Waals surface area contributed by atoms with E-state index in [9.17, 15) is 19.7 Å². The van der Waals surface area contributed by atoms with Crippen LogP contribution in [0.2, 0.25) is 5.02 Å². The maximum Gasteiger partial charge on any atom is 0.332 e. The second kappa shape index (κ2) is 8.71. The largest absolute Gasteiger partial charge is 0.332 e. The van der Waals surface area contributed by atoms with Crippen LogP contribution in [0.3, 0.4) is 0 Å². The van der Waals surface area contributed by atoms with Crippen LogP contribution in [-0.2, 0) is 20.6 Å². The van der Waals surface area contributed by atoms with Gasteiger partial charge in [0.2, 0.25) is 5.95 Å². The molecule has 0 saturated heterocycles. The summed E-state index contributed by atoms with van der Waals surface area (Å²) in [7, 11) is 2.93. The van der Waals surface area contributed by atoms with Gasteiger partial charge in [-0.3, -0.25) is 28.6 Å². The third-order valence-corrected chi connectivity index (χ3v) is 5.49. The molecule has 11 nitrogen and oxygen atoms in total. The highest BCUT2D eigenvalue weighted by Gasteiger charge is 2.19. The van der Waals surface area contributed by atoms with E-state index in [2.05, 4.69) is 15.5 Å². The van der Waals surface area contributed by atoms with E-state index in [1.54, 1.807) is 28.8 Å². The summed E-state index contributed by atoms with van der Waals surface area (Å²) in [4.78, 5) is 40.0. The van der Waals surface area contributed by atoms with Crippen molar-refractivity contribution in [2.45, 2.75) is 6.54 Å². The second-order valence-electron chi connectivity index (χ2n) is 7.21. The molecule has 0 aliphatic rings. The molecule has 168 valence electrons. The van der Waals surface area contributed by atoms with Gasteiger partial charge in [-0.05, 0) is 29.3 Å². The average molecular weight is 468 g/mol. The predicted molar refractivity (Wildman–Crippen MR) is 125 cm³/mol. The first-order valence-electron chi connectivity index (χ1n) is 9.71. The summed E-state index contributed by atoms with van der Waals surface area (Å²) >= 11 is 6.32. The smallest absolute Gasteiger partial charge is 0.298 e. The van der Waals surface area contributed by atoms with Crippen LogP contribution in [0.5, 0.6) is 0 Å². The lowest BCUT2D eigenvalue weighted by Crippen LogP contribution is -2.37. The summed E-state index contributed by atoms with van der Waals surface area (Å²) in [5.41, 5.74) is 3.55. The molecule has 0 saturated carbocycles. The molecule has 2 aromatic heterocycles. The molecular formula is C21H18ClN7O4. The number of hydrogen-bond acceptors (Lipinski definition) is 7. The lowest BCUT2D eigenvalue weighted by Gasteiger charge is -2.10. The highest BCUT2D eigenvalue weighted by Crippen LogP contribution is 2.22. The standard InChI is InChI=1S/C21H18ClN7O4/c1-26-18-17(19(30)27(2)21(26)31)28(12-14-5-3-4-6-16(14)22)20(24-18)25-23-11-13-7-9-15(10-8-13)29(32)33/h3-11H,12H2,1-2H3,(H,24,25)/b23-11-. The first-order valence-corrected chi connectivity index (χ1v) is 10.1. The van der Waals surface area contributed by atoms with Crippen molar-refractivity contribution in [3.05, 3.63) is 95.6 Å². The number of nitro benzene ring substituents is 1. The van der Waals surface area contributed by atoms with Gasteiger partial charge in [0.15, 0.2) is 11.2 Å². The first kappa shape index (κ1) is 22.0. The van der Waals surface area contributed by atoms with E-state index >= 15 is 0 Å². The Bertz CT molecular complexity index is 1520. The van der Waals surface area contributed by atoms with E-state index < -0.39 is 16.2 Å². The van der Waals surface area contributed by atoms with Crippen LogP contribution in [-0.4, -0.2) is 29.8 Å². The summed E-state index contributed by atoms with van der Waals surface area (Å²) in [5, 5.41) is 15.5. The molecule has 0 aliphatic carbocycles. The van der Waals surface area contributed by atoms with Gasteiger partial charge in [0.05, 0.1) is 17.7 Å². The van der Waals surface area contributed by atoms with E-state index in [1.165, 1.54) is 37.0 Å². The van der Waals surface area contributed by atoms with Gasteiger partial charge in [-0.1, -0.05) is 29.8 Å². The van der Waals surface area contributed by atoms with Gasteiger partial charge in [0.1, 0.15) is 0 Å². The minimum absolute atomic E-state index is 0.0293. The van der Waals surface area contributed by atoms with Crippen LogP contribution in [0.1, 0.15) is 11.1 Å². The van der Waals surface area contributed by atoms with Crippen molar-refractivity contribution in [3.63, 3.8) is 0 Å². The number of nitro groups is 1. The molecule has 0 unspecified atom stereocenters. The van der Waals surface area contributed by atoms with E-state index in [0.29, 0.717) is 10.6 Å². The lowest BCUT2D eigenvalue weighted by molar-refractivity contribution is -0.384. The summed E-state index contributed by atoms with van der Waals surface area (Å²) in [6.07, 6.45) is 1.46. The number of hydrogen-bond donors (Lipinski definition) is 1. The van der Waals surface area contributed by atoms with Crippen molar-refractivity contribution in [1.82, 2.24) is 18.7 Å². The summed E-state index contributed by atoms with van der Waals surface area (Å²) in [6, 6.07) is 13.0. The molecule has 0 aliphatic heterocycles. The molecule has 0 fully saturated rings. The molecule has 0 radical (unpaired) electrons. The van der Waals surface area contributed by atoms with Crippen molar-refractivity contribution in [2.75, 3.05) is 5.43 Å². The molecule has 1 N–H and O–H groups in total. The highest BCUT2D eigenvalue weighted by molar-refractivity contribution is 6.31. The zero-order valence-corrected chi connectivity index (χ0v) is 18.4. The van der Waals surface area contributed by atoms with E-state index in [-0.39, 0.29) is 29.3 Å². The minimum atomic E-state index is -0.504. The number of imidazole rings is 1. The zero-order chi connectivity index (χ0) is 23.7. The van der Waals surface area contributed by atoms with Gasteiger partial charge in [-0.2, -0.15) is 10.1 Å². The van der Waals surface area contributed by atoms with Gasteiger partial charge < -0.3 is 0 Å². The third-order valence-electron chi connectivity index (χ3n) is 5.12. The molecule has 0 bridgehead atoms. The highest BCUT2D eigenvalue weighted by atomic mass is 35.5. The zero-order valence-electron chi connectivity index (χ0n) is 17.6. The Labute approximate surface area is 191 Å². The van der Waals surface area contributed by atoms with Crippen molar-refractivity contribution in [1.29, 1.82) is 0 Å². The quantitative estimate of drug-likeness (QED) is 0.263. The Morgan fingerprint density at radius 3 is 2.48 bits per heavy atom. The van der Waals surface area contributed by atoms with Gasteiger partial charge in [-0.15, -0.1) is 0 Å². The summed E-state index contributed by atoms with van der Waals surface area (Å²) in [5.74, 6) is 0.224. The van der Waals surface area contributed by atoms with Crippen LogP contribution in [0, 0.1) is 10.1 Å². The van der Waals surface area contributed by atoms with E-state index in [4.69, 9.17) is 11.6 Å². The molecule has 0 atom stereocenters. The number of nitrogens with zero attached hydrogens (tertiary/aromatic N) is 6. The van der Waals surface area contributed by atoms with Gasteiger partial charge in [0, 0.05) is 31.3 Å². The van der Waals surface area contributed by atoms with Crippen LogP contribution in [0.15, 0.2) is 63.2 Å². The monoisotopic (exact) mass is 467 g/mol. The second-order valence-corrected chi connectivity index (χ2v) is 7.62. The Kier molecular flexibility index (Phi) is 5.80. The summed E-state index contributed by atoms with van der Waals surface area (Å²) in [6.45, 7) is 0.207. The lowest BCUT2D eigenvalue weighted by atomic mass is 10.2. The average Bonchev–Trinajstić information content (AvgIpc) is 3.16. The van der Waals surface area contributed by atoms with E-state index in [1.807, 2.05) is 12.1 Å². The topological polar surface area (TPSA) is 129 Å². The minimum Gasteiger partial charge on any atom is -0.298 e. The number of anilines is 1. The van der Waals surface area contributed by atoms with Gasteiger partial charge in [0.25, 0.3) is 11.2 Å². The SMILES string of the molecule is Cn1c(=O)c2c(nc(N/N=C\c3ccc([N+](=O)[O-])cc3)n2Cc2ccccc2Cl)n(C)c1=O.